The molecule has 3 heteroatoms. The van der Waals surface area contributed by atoms with Crippen molar-refractivity contribution in [3.05, 3.63) is 48.2 Å². The molecule has 1 heterocycles. The van der Waals surface area contributed by atoms with Gasteiger partial charge in [0.2, 0.25) is 5.91 Å². The summed E-state index contributed by atoms with van der Waals surface area (Å²) < 4.78 is 5.62. The third-order valence-electron chi connectivity index (χ3n) is 4.18. The predicted molar refractivity (Wildman–Crippen MR) is 83.2 cm³/mol. The zero-order valence-corrected chi connectivity index (χ0v) is 11.8. The molecule has 1 amide bonds. The van der Waals surface area contributed by atoms with E-state index >= 15 is 0 Å². The van der Waals surface area contributed by atoms with Crippen LogP contribution in [0.4, 0.5) is 0 Å². The minimum atomic E-state index is 0.0811. The summed E-state index contributed by atoms with van der Waals surface area (Å²) in [7, 11) is 0. The van der Waals surface area contributed by atoms with Crippen molar-refractivity contribution in [3.8, 4) is 0 Å². The standard InChI is InChI=1S/C18H17NO2/c20-17(19-10-12-5-6-12)9-14-11-21-16-8-7-13-3-1-2-4-15(13)18(14)16/h1-4,7-8,11-12H,5-6,9-10H2,(H,19,20). The van der Waals surface area contributed by atoms with Gasteiger partial charge in [0.25, 0.3) is 0 Å². The number of amides is 1. The highest BCUT2D eigenvalue weighted by molar-refractivity contribution is 6.08. The van der Waals surface area contributed by atoms with Gasteiger partial charge in [-0.3, -0.25) is 4.79 Å². The molecule has 0 spiro atoms. The number of fused-ring (bicyclic) bond motifs is 3. The number of furan rings is 1. The molecule has 0 saturated heterocycles. The van der Waals surface area contributed by atoms with Crippen molar-refractivity contribution in [2.24, 2.45) is 5.92 Å². The van der Waals surface area contributed by atoms with Crippen molar-refractivity contribution in [2.75, 3.05) is 6.54 Å². The fraction of sp³-hybridized carbons (Fsp3) is 0.278. The molecule has 1 aromatic heterocycles. The first-order chi connectivity index (χ1) is 10.3. The molecule has 1 saturated carbocycles. The van der Waals surface area contributed by atoms with Crippen LogP contribution in [0.3, 0.4) is 0 Å². The smallest absolute Gasteiger partial charge is 0.224 e. The number of rotatable bonds is 4. The van der Waals surface area contributed by atoms with Crippen molar-refractivity contribution in [1.29, 1.82) is 0 Å². The molecule has 106 valence electrons. The second kappa shape index (κ2) is 4.92. The molecule has 0 atom stereocenters. The average Bonchev–Trinajstić information content (AvgIpc) is 3.26. The minimum Gasteiger partial charge on any atom is -0.464 e. The van der Waals surface area contributed by atoms with Gasteiger partial charge in [-0.1, -0.05) is 30.3 Å². The average molecular weight is 279 g/mol. The van der Waals surface area contributed by atoms with Crippen LogP contribution in [0.2, 0.25) is 0 Å². The van der Waals surface area contributed by atoms with E-state index in [1.165, 1.54) is 18.2 Å². The van der Waals surface area contributed by atoms with E-state index in [4.69, 9.17) is 4.42 Å². The summed E-state index contributed by atoms with van der Waals surface area (Å²) in [6.45, 7) is 0.815. The molecule has 3 nitrogen and oxygen atoms in total. The summed E-state index contributed by atoms with van der Waals surface area (Å²) in [5.74, 6) is 0.786. The molecule has 2 aromatic carbocycles. The molecule has 0 bridgehead atoms. The fourth-order valence-corrected chi connectivity index (χ4v) is 2.82. The number of carbonyl (C=O) groups excluding carboxylic acids is 1. The van der Waals surface area contributed by atoms with Crippen LogP contribution < -0.4 is 5.32 Å². The maximum atomic E-state index is 12.1. The topological polar surface area (TPSA) is 42.2 Å². The summed E-state index contributed by atoms with van der Waals surface area (Å²) in [6, 6.07) is 12.2. The fourth-order valence-electron chi connectivity index (χ4n) is 2.82. The lowest BCUT2D eigenvalue weighted by Crippen LogP contribution is -2.26. The first kappa shape index (κ1) is 12.5. The van der Waals surface area contributed by atoms with Crippen molar-refractivity contribution in [1.82, 2.24) is 5.32 Å². The van der Waals surface area contributed by atoms with Gasteiger partial charge in [0.05, 0.1) is 12.7 Å². The van der Waals surface area contributed by atoms with Gasteiger partial charge in [0.1, 0.15) is 5.58 Å². The highest BCUT2D eigenvalue weighted by Crippen LogP contribution is 2.30. The molecule has 0 radical (unpaired) electrons. The normalized spacial score (nSPS) is 14.7. The lowest BCUT2D eigenvalue weighted by molar-refractivity contribution is -0.120. The third-order valence-corrected chi connectivity index (χ3v) is 4.18. The summed E-state index contributed by atoms with van der Waals surface area (Å²) in [5.41, 5.74) is 1.81. The summed E-state index contributed by atoms with van der Waals surface area (Å²) in [4.78, 5) is 12.1. The zero-order valence-electron chi connectivity index (χ0n) is 11.8. The van der Waals surface area contributed by atoms with Gasteiger partial charge in [-0.25, -0.2) is 0 Å². The van der Waals surface area contributed by atoms with E-state index in [2.05, 4.69) is 23.5 Å². The van der Waals surface area contributed by atoms with Crippen molar-refractivity contribution >= 4 is 27.6 Å². The molecule has 0 unspecified atom stereocenters. The van der Waals surface area contributed by atoms with Crippen molar-refractivity contribution in [2.45, 2.75) is 19.3 Å². The largest absolute Gasteiger partial charge is 0.464 e. The van der Waals surface area contributed by atoms with Crippen molar-refractivity contribution < 1.29 is 9.21 Å². The van der Waals surface area contributed by atoms with Crippen LogP contribution in [0, 0.1) is 5.92 Å². The van der Waals surface area contributed by atoms with Gasteiger partial charge in [-0.05, 0) is 35.6 Å². The van der Waals surface area contributed by atoms with Crippen LogP contribution in [0.5, 0.6) is 0 Å². The van der Waals surface area contributed by atoms with Gasteiger partial charge >= 0.3 is 0 Å². The third kappa shape index (κ3) is 2.40. The number of benzene rings is 2. The summed E-state index contributed by atoms with van der Waals surface area (Å²) in [6.07, 6.45) is 4.60. The van der Waals surface area contributed by atoms with Gasteiger partial charge in [-0.2, -0.15) is 0 Å². The van der Waals surface area contributed by atoms with E-state index in [0.717, 1.165) is 28.5 Å². The molecule has 4 rings (SSSR count). The predicted octanol–water partition coefficient (Wildman–Crippen LogP) is 3.65. The number of carbonyl (C=O) groups is 1. The lowest BCUT2D eigenvalue weighted by atomic mass is 10.0. The zero-order chi connectivity index (χ0) is 14.2. The van der Waals surface area contributed by atoms with Crippen molar-refractivity contribution in [3.63, 3.8) is 0 Å². The SMILES string of the molecule is O=C(Cc1coc2ccc3ccccc3c12)NCC1CC1. The van der Waals surface area contributed by atoms with Crippen LogP contribution in [-0.4, -0.2) is 12.5 Å². The van der Waals surface area contributed by atoms with E-state index in [-0.39, 0.29) is 5.91 Å². The second-order valence-corrected chi connectivity index (χ2v) is 5.85. The summed E-state index contributed by atoms with van der Waals surface area (Å²) >= 11 is 0. The number of hydrogen-bond donors (Lipinski definition) is 1. The Balaban J connectivity index is 1.67. The first-order valence-corrected chi connectivity index (χ1v) is 7.46. The lowest BCUT2D eigenvalue weighted by Gasteiger charge is -2.04. The minimum absolute atomic E-state index is 0.0811. The van der Waals surface area contributed by atoms with Crippen LogP contribution in [0.15, 0.2) is 47.1 Å². The molecular formula is C18H17NO2. The van der Waals surface area contributed by atoms with E-state index in [0.29, 0.717) is 12.3 Å². The first-order valence-electron chi connectivity index (χ1n) is 7.46. The van der Waals surface area contributed by atoms with E-state index < -0.39 is 0 Å². The highest BCUT2D eigenvalue weighted by Gasteiger charge is 2.22. The summed E-state index contributed by atoms with van der Waals surface area (Å²) in [5, 5.41) is 6.40. The van der Waals surface area contributed by atoms with Crippen LogP contribution >= 0.6 is 0 Å². The van der Waals surface area contributed by atoms with E-state index in [9.17, 15) is 4.79 Å². The van der Waals surface area contributed by atoms with E-state index in [1.54, 1.807) is 6.26 Å². The molecule has 1 aliphatic carbocycles. The molecule has 21 heavy (non-hydrogen) atoms. The number of hydrogen-bond acceptors (Lipinski definition) is 2. The quantitative estimate of drug-likeness (QED) is 0.792. The maximum Gasteiger partial charge on any atom is 0.224 e. The molecule has 3 aromatic rings. The number of nitrogens with one attached hydrogen (secondary N) is 1. The second-order valence-electron chi connectivity index (χ2n) is 5.85. The molecule has 1 fully saturated rings. The Morgan fingerprint density at radius 2 is 2.05 bits per heavy atom. The Kier molecular flexibility index (Phi) is 2.92. The Labute approximate surface area is 122 Å². The molecular weight excluding hydrogens is 262 g/mol. The van der Waals surface area contributed by atoms with Gasteiger partial charge in [-0.15, -0.1) is 0 Å². The van der Waals surface area contributed by atoms with E-state index in [1.807, 2.05) is 18.2 Å². The Morgan fingerprint density at radius 3 is 2.90 bits per heavy atom. The maximum absolute atomic E-state index is 12.1. The Morgan fingerprint density at radius 1 is 1.19 bits per heavy atom. The monoisotopic (exact) mass is 279 g/mol. The van der Waals surface area contributed by atoms with Crippen LogP contribution in [0.1, 0.15) is 18.4 Å². The van der Waals surface area contributed by atoms with Gasteiger partial charge in [0.15, 0.2) is 0 Å². The van der Waals surface area contributed by atoms with Crippen LogP contribution in [0.25, 0.3) is 21.7 Å². The molecule has 1 N–H and O–H groups in total. The Bertz CT molecular complexity index is 814. The van der Waals surface area contributed by atoms with Gasteiger partial charge in [0, 0.05) is 17.5 Å². The molecule has 1 aliphatic rings. The highest BCUT2D eigenvalue weighted by atomic mass is 16.3. The Hall–Kier alpha value is -2.29. The van der Waals surface area contributed by atoms with Crippen LogP contribution in [-0.2, 0) is 11.2 Å². The van der Waals surface area contributed by atoms with Gasteiger partial charge < -0.3 is 9.73 Å². The molecule has 0 aliphatic heterocycles.